The van der Waals surface area contributed by atoms with Gasteiger partial charge in [-0.3, -0.25) is 0 Å². The maximum Gasteiger partial charge on any atom is 0.359 e. The Morgan fingerprint density at radius 1 is 1.50 bits per heavy atom. The molecule has 6 nitrogen and oxygen atoms in total. The molecule has 0 radical (unpaired) electrons. The third-order valence-corrected chi connectivity index (χ3v) is 2.91. The summed E-state index contributed by atoms with van der Waals surface area (Å²) >= 11 is 2.94. The number of esters is 1. The molecule has 1 N–H and O–H groups in total. The molecule has 2 aromatic rings. The summed E-state index contributed by atoms with van der Waals surface area (Å²) in [6.45, 7) is 6.16. The molecule has 0 bridgehead atoms. The second-order valence-electron chi connectivity index (χ2n) is 3.72. The molecular formula is C14H17BrFN3O3. The van der Waals surface area contributed by atoms with E-state index in [0.29, 0.717) is 5.69 Å². The van der Waals surface area contributed by atoms with Gasteiger partial charge in [-0.15, -0.1) is 0 Å². The second-order valence-corrected chi connectivity index (χ2v) is 4.47. The topological polar surface area (TPSA) is 77.2 Å². The van der Waals surface area contributed by atoms with Crippen LogP contribution in [-0.4, -0.2) is 22.7 Å². The monoisotopic (exact) mass is 373 g/mol. The van der Waals surface area contributed by atoms with Crippen LogP contribution in [-0.2, 0) is 11.3 Å². The maximum absolute atomic E-state index is 13.5. The molecular weight excluding hydrogens is 357 g/mol. The van der Waals surface area contributed by atoms with E-state index < -0.39 is 11.8 Å². The molecule has 0 spiro atoms. The molecule has 0 aliphatic rings. The average Bonchev–Trinajstić information content (AvgIpc) is 3.03. The van der Waals surface area contributed by atoms with Gasteiger partial charge >= 0.3 is 5.97 Å². The van der Waals surface area contributed by atoms with Crippen molar-refractivity contribution in [1.29, 1.82) is 0 Å². The summed E-state index contributed by atoms with van der Waals surface area (Å²) in [5, 5.41) is 6.58. The van der Waals surface area contributed by atoms with Crippen LogP contribution < -0.4 is 5.32 Å². The lowest BCUT2D eigenvalue weighted by atomic mass is 10.2. The van der Waals surface area contributed by atoms with E-state index in [1.807, 2.05) is 13.8 Å². The molecule has 0 aromatic carbocycles. The highest BCUT2D eigenvalue weighted by Crippen LogP contribution is 2.22. The number of ether oxygens (including phenoxy) is 1. The summed E-state index contributed by atoms with van der Waals surface area (Å²) in [5.41, 5.74) is 0.846. The Balaban J connectivity index is 0.00000116. The largest absolute Gasteiger partial charge is 0.461 e. The molecule has 8 heteroatoms. The predicted octanol–water partition coefficient (Wildman–Crippen LogP) is 3.79. The van der Waals surface area contributed by atoms with Gasteiger partial charge in [-0.2, -0.15) is 0 Å². The minimum atomic E-state index is -0.629. The fourth-order valence-electron chi connectivity index (χ4n) is 1.47. The number of nitrogens with one attached hydrogen (secondary N) is 1. The first-order valence-electron chi connectivity index (χ1n) is 6.78. The molecule has 0 fully saturated rings. The Labute approximate surface area is 136 Å². The van der Waals surface area contributed by atoms with Crippen LogP contribution in [0.25, 0.3) is 0 Å². The number of anilines is 1. The second kappa shape index (κ2) is 9.14. The number of hydrogen-bond donors (Lipinski definition) is 1. The predicted molar refractivity (Wildman–Crippen MR) is 83.0 cm³/mol. The van der Waals surface area contributed by atoms with E-state index >= 15 is 0 Å². The molecule has 0 saturated heterocycles. The van der Waals surface area contributed by atoms with Crippen LogP contribution in [0.15, 0.2) is 27.5 Å². The van der Waals surface area contributed by atoms with Gasteiger partial charge in [0.05, 0.1) is 18.8 Å². The normalized spacial score (nSPS) is 9.68. The van der Waals surface area contributed by atoms with Crippen LogP contribution >= 0.6 is 15.9 Å². The molecule has 120 valence electrons. The molecule has 0 amide bonds. The lowest BCUT2D eigenvalue weighted by Crippen LogP contribution is -2.13. The van der Waals surface area contributed by atoms with Gasteiger partial charge in [-0.05, 0) is 22.9 Å². The fraction of sp³-hybridized carbons (Fsp3) is 0.357. The lowest BCUT2D eigenvalue weighted by Gasteiger charge is -2.10. The van der Waals surface area contributed by atoms with E-state index in [1.165, 1.54) is 12.3 Å². The summed E-state index contributed by atoms with van der Waals surface area (Å²) in [6, 6.07) is 2.82. The zero-order valence-corrected chi connectivity index (χ0v) is 14.1. The highest BCUT2D eigenvalue weighted by atomic mass is 79.9. The standard InChI is InChI=1S/C12H11BrFN3O3.C2H6/c1-2-19-12(18)10-9(5-8(14)11(13)16-10)15-6-7-3-4-20-17-7;1-2/h3-5,15H,2,6H2,1H3;1-2H3. The van der Waals surface area contributed by atoms with Gasteiger partial charge in [0.15, 0.2) is 11.5 Å². The average molecular weight is 374 g/mol. The van der Waals surface area contributed by atoms with Crippen molar-refractivity contribution in [3.63, 3.8) is 0 Å². The lowest BCUT2D eigenvalue weighted by molar-refractivity contribution is 0.0520. The molecule has 0 atom stereocenters. The summed E-state index contributed by atoms with van der Waals surface area (Å²) in [7, 11) is 0. The van der Waals surface area contributed by atoms with E-state index in [-0.39, 0.29) is 29.1 Å². The first kappa shape index (κ1) is 18.1. The van der Waals surface area contributed by atoms with Crippen molar-refractivity contribution >= 4 is 27.6 Å². The molecule has 22 heavy (non-hydrogen) atoms. The Morgan fingerprint density at radius 3 is 2.82 bits per heavy atom. The van der Waals surface area contributed by atoms with Crippen LogP contribution in [0.2, 0.25) is 0 Å². The summed E-state index contributed by atoms with van der Waals surface area (Å²) in [6.07, 6.45) is 1.42. The Hall–Kier alpha value is -1.96. The van der Waals surface area contributed by atoms with Crippen molar-refractivity contribution in [2.24, 2.45) is 0 Å². The van der Waals surface area contributed by atoms with Gasteiger partial charge in [0.2, 0.25) is 0 Å². The number of carbonyl (C=O) groups excluding carboxylic acids is 1. The van der Waals surface area contributed by atoms with Crippen molar-refractivity contribution in [1.82, 2.24) is 10.1 Å². The van der Waals surface area contributed by atoms with Crippen molar-refractivity contribution in [3.8, 4) is 0 Å². The quantitative estimate of drug-likeness (QED) is 0.634. The fourth-order valence-corrected chi connectivity index (χ4v) is 1.76. The van der Waals surface area contributed by atoms with Gasteiger partial charge < -0.3 is 14.6 Å². The molecule has 0 saturated carbocycles. The number of nitrogens with zero attached hydrogens (tertiary/aromatic N) is 2. The van der Waals surface area contributed by atoms with Gasteiger partial charge in [0, 0.05) is 12.1 Å². The van der Waals surface area contributed by atoms with Crippen LogP contribution in [0.3, 0.4) is 0 Å². The number of hydrogen-bond acceptors (Lipinski definition) is 6. The van der Waals surface area contributed by atoms with Gasteiger partial charge in [0.1, 0.15) is 16.6 Å². The highest BCUT2D eigenvalue weighted by Gasteiger charge is 2.18. The first-order valence-corrected chi connectivity index (χ1v) is 7.57. The van der Waals surface area contributed by atoms with E-state index in [4.69, 9.17) is 4.74 Å². The molecule has 0 unspecified atom stereocenters. The summed E-state index contributed by atoms with van der Waals surface area (Å²) in [5.74, 6) is -1.21. The van der Waals surface area contributed by atoms with Crippen molar-refractivity contribution in [2.75, 3.05) is 11.9 Å². The molecule has 2 aromatic heterocycles. The zero-order chi connectivity index (χ0) is 16.5. The van der Waals surface area contributed by atoms with Crippen LogP contribution in [0.5, 0.6) is 0 Å². The number of halogens is 2. The van der Waals surface area contributed by atoms with E-state index in [9.17, 15) is 9.18 Å². The maximum atomic E-state index is 13.5. The Kier molecular flexibility index (Phi) is 7.51. The van der Waals surface area contributed by atoms with Crippen LogP contribution in [0.1, 0.15) is 37.0 Å². The molecule has 0 aliphatic heterocycles. The summed E-state index contributed by atoms with van der Waals surface area (Å²) < 4.78 is 23.1. The highest BCUT2D eigenvalue weighted by molar-refractivity contribution is 9.10. The Bertz CT molecular complexity index is 606. The first-order chi connectivity index (χ1) is 10.6. The third-order valence-electron chi connectivity index (χ3n) is 2.35. The van der Waals surface area contributed by atoms with Crippen molar-refractivity contribution in [3.05, 3.63) is 40.2 Å². The smallest absolute Gasteiger partial charge is 0.359 e. The van der Waals surface area contributed by atoms with Crippen molar-refractivity contribution in [2.45, 2.75) is 27.3 Å². The van der Waals surface area contributed by atoms with E-state index in [2.05, 4.69) is 35.9 Å². The molecule has 2 rings (SSSR count). The van der Waals surface area contributed by atoms with Gasteiger partial charge in [-0.1, -0.05) is 19.0 Å². The number of aromatic nitrogens is 2. The van der Waals surface area contributed by atoms with E-state index in [1.54, 1.807) is 13.0 Å². The Morgan fingerprint density at radius 2 is 2.23 bits per heavy atom. The molecule has 2 heterocycles. The SMILES string of the molecule is CC.CCOC(=O)c1nc(Br)c(F)cc1NCc1ccon1. The number of pyridine rings is 1. The number of rotatable bonds is 5. The number of carbonyl (C=O) groups is 1. The van der Waals surface area contributed by atoms with Gasteiger partial charge in [0.25, 0.3) is 0 Å². The van der Waals surface area contributed by atoms with Crippen molar-refractivity contribution < 1.29 is 18.4 Å². The zero-order valence-electron chi connectivity index (χ0n) is 12.5. The minimum absolute atomic E-state index is 0.00335. The van der Waals surface area contributed by atoms with Crippen LogP contribution in [0.4, 0.5) is 10.1 Å². The van der Waals surface area contributed by atoms with E-state index in [0.717, 1.165) is 0 Å². The summed E-state index contributed by atoms with van der Waals surface area (Å²) in [4.78, 5) is 15.6. The van der Waals surface area contributed by atoms with Crippen LogP contribution in [0, 0.1) is 5.82 Å². The minimum Gasteiger partial charge on any atom is -0.461 e. The van der Waals surface area contributed by atoms with Gasteiger partial charge in [-0.25, -0.2) is 14.2 Å². The molecule has 0 aliphatic carbocycles. The third kappa shape index (κ3) is 4.80.